The maximum Gasteiger partial charge on any atom is 0.170 e. The number of carbonyl (C=O) groups excluding carboxylic acids is 2. The van der Waals surface area contributed by atoms with Gasteiger partial charge in [-0.1, -0.05) is 6.58 Å². The lowest BCUT2D eigenvalue weighted by Crippen LogP contribution is -2.47. The van der Waals surface area contributed by atoms with E-state index in [4.69, 9.17) is 9.47 Å². The highest BCUT2D eigenvalue weighted by atomic mass is 16.7. The number of ether oxygens (including phenoxy) is 2. The minimum atomic E-state index is -0.829. The van der Waals surface area contributed by atoms with Gasteiger partial charge in [-0.05, 0) is 12.5 Å². The number of carbonyl (C=O) groups is 2. The third-order valence-electron chi connectivity index (χ3n) is 3.64. The number of hydrogen-bond donors (Lipinski definition) is 0. The smallest absolute Gasteiger partial charge is 0.170 e. The van der Waals surface area contributed by atoms with Gasteiger partial charge in [0.1, 0.15) is 12.1 Å². The molecule has 4 nitrogen and oxygen atoms in total. The molecule has 2 rings (SSSR count). The standard InChI is InChI=1S/C12H16O4/c1-9(7-13)11(2)8-12(4-3-10(11)14)15-5-6-16-12/h7H,1,3-6,8H2,2H3. The summed E-state index contributed by atoms with van der Waals surface area (Å²) in [5.74, 6) is -0.622. The van der Waals surface area contributed by atoms with Crippen molar-refractivity contribution in [1.82, 2.24) is 0 Å². The second-order valence-electron chi connectivity index (χ2n) is 4.68. The van der Waals surface area contributed by atoms with Crippen molar-refractivity contribution in [2.75, 3.05) is 13.2 Å². The van der Waals surface area contributed by atoms with Gasteiger partial charge in [0.05, 0.1) is 18.6 Å². The lowest BCUT2D eigenvalue weighted by atomic mass is 9.68. The highest BCUT2D eigenvalue weighted by Gasteiger charge is 2.51. The van der Waals surface area contributed by atoms with Crippen LogP contribution in [0, 0.1) is 5.41 Å². The molecule has 0 aromatic rings. The lowest BCUT2D eigenvalue weighted by molar-refractivity contribution is -0.196. The SMILES string of the molecule is C=C(C=O)C1(C)CC2(CCC1=O)OCCO2. The van der Waals surface area contributed by atoms with Crippen molar-refractivity contribution in [3.8, 4) is 0 Å². The van der Waals surface area contributed by atoms with E-state index in [1.165, 1.54) is 0 Å². The van der Waals surface area contributed by atoms with Gasteiger partial charge >= 0.3 is 0 Å². The van der Waals surface area contributed by atoms with Gasteiger partial charge in [0, 0.05) is 19.3 Å². The fraction of sp³-hybridized carbons (Fsp3) is 0.667. The van der Waals surface area contributed by atoms with Crippen LogP contribution < -0.4 is 0 Å². The molecule has 1 unspecified atom stereocenters. The first-order valence-corrected chi connectivity index (χ1v) is 5.48. The van der Waals surface area contributed by atoms with Crippen LogP contribution in [-0.2, 0) is 19.1 Å². The van der Waals surface area contributed by atoms with E-state index in [2.05, 4.69) is 6.58 Å². The van der Waals surface area contributed by atoms with Crippen LogP contribution in [0.2, 0.25) is 0 Å². The fourth-order valence-electron chi connectivity index (χ4n) is 2.47. The molecule has 0 aromatic heterocycles. The van der Waals surface area contributed by atoms with Crippen molar-refractivity contribution in [3.05, 3.63) is 12.2 Å². The molecule has 1 saturated carbocycles. The summed E-state index contributed by atoms with van der Waals surface area (Å²) in [6, 6.07) is 0. The number of ketones is 1. The van der Waals surface area contributed by atoms with Crippen molar-refractivity contribution in [1.29, 1.82) is 0 Å². The molecule has 0 aromatic carbocycles. The molecule has 2 fully saturated rings. The van der Waals surface area contributed by atoms with Crippen molar-refractivity contribution < 1.29 is 19.1 Å². The van der Waals surface area contributed by atoms with Crippen LogP contribution in [0.25, 0.3) is 0 Å². The first kappa shape index (κ1) is 11.5. The van der Waals surface area contributed by atoms with Gasteiger partial charge in [0.25, 0.3) is 0 Å². The van der Waals surface area contributed by atoms with E-state index in [9.17, 15) is 9.59 Å². The number of aldehydes is 1. The van der Waals surface area contributed by atoms with E-state index in [0.29, 0.717) is 44.3 Å². The molecule has 1 aliphatic heterocycles. The Hall–Kier alpha value is -1.00. The Balaban J connectivity index is 2.26. The Morgan fingerprint density at radius 3 is 2.62 bits per heavy atom. The van der Waals surface area contributed by atoms with Gasteiger partial charge in [-0.15, -0.1) is 0 Å². The molecule has 2 aliphatic rings. The summed E-state index contributed by atoms with van der Waals surface area (Å²) in [5, 5.41) is 0. The van der Waals surface area contributed by atoms with E-state index in [1.807, 2.05) is 0 Å². The minimum Gasteiger partial charge on any atom is -0.347 e. The molecular weight excluding hydrogens is 208 g/mol. The predicted octanol–water partition coefficient (Wildman–Crippen LogP) is 1.24. The molecule has 4 heteroatoms. The van der Waals surface area contributed by atoms with Crippen molar-refractivity contribution in [3.63, 3.8) is 0 Å². The maximum absolute atomic E-state index is 11.9. The van der Waals surface area contributed by atoms with Gasteiger partial charge in [0.15, 0.2) is 5.79 Å². The van der Waals surface area contributed by atoms with Crippen LogP contribution in [0.15, 0.2) is 12.2 Å². The Morgan fingerprint density at radius 1 is 1.44 bits per heavy atom. The Morgan fingerprint density at radius 2 is 2.06 bits per heavy atom. The van der Waals surface area contributed by atoms with Crippen LogP contribution in [0.1, 0.15) is 26.2 Å². The van der Waals surface area contributed by atoms with Gasteiger partial charge in [0.2, 0.25) is 0 Å². The molecule has 0 N–H and O–H groups in total. The number of hydrogen-bond acceptors (Lipinski definition) is 4. The fourth-order valence-corrected chi connectivity index (χ4v) is 2.47. The average molecular weight is 224 g/mol. The van der Waals surface area contributed by atoms with Crippen molar-refractivity contribution in [2.45, 2.75) is 32.0 Å². The monoisotopic (exact) mass is 224 g/mol. The van der Waals surface area contributed by atoms with Crippen LogP contribution in [0.5, 0.6) is 0 Å². The number of allylic oxidation sites excluding steroid dienone is 1. The number of Topliss-reactive ketones (excluding diaryl/α,β-unsaturated/α-hetero) is 1. The van der Waals surface area contributed by atoms with Crippen LogP contribution in [0.4, 0.5) is 0 Å². The van der Waals surface area contributed by atoms with E-state index in [1.54, 1.807) is 6.92 Å². The third kappa shape index (κ3) is 1.62. The van der Waals surface area contributed by atoms with E-state index in [0.717, 1.165) is 0 Å². The summed E-state index contributed by atoms with van der Waals surface area (Å²) >= 11 is 0. The first-order chi connectivity index (χ1) is 7.52. The largest absolute Gasteiger partial charge is 0.347 e. The van der Waals surface area contributed by atoms with Crippen LogP contribution in [-0.4, -0.2) is 31.1 Å². The zero-order valence-electron chi connectivity index (χ0n) is 9.45. The van der Waals surface area contributed by atoms with Gasteiger partial charge in [-0.2, -0.15) is 0 Å². The van der Waals surface area contributed by atoms with Crippen LogP contribution >= 0.6 is 0 Å². The highest BCUT2D eigenvalue weighted by molar-refractivity contribution is 5.95. The molecule has 88 valence electrons. The molecule has 0 amide bonds. The maximum atomic E-state index is 11.9. The summed E-state index contributed by atoms with van der Waals surface area (Å²) in [6.45, 7) is 6.53. The highest BCUT2D eigenvalue weighted by Crippen LogP contribution is 2.46. The van der Waals surface area contributed by atoms with Gasteiger partial charge in [-0.25, -0.2) is 0 Å². The van der Waals surface area contributed by atoms with Crippen molar-refractivity contribution >= 4 is 12.1 Å². The van der Waals surface area contributed by atoms with Crippen LogP contribution in [0.3, 0.4) is 0 Å². The zero-order chi connectivity index (χ0) is 11.8. The molecule has 1 atom stereocenters. The first-order valence-electron chi connectivity index (χ1n) is 5.48. The molecular formula is C12H16O4. The average Bonchev–Trinajstić information content (AvgIpc) is 2.71. The minimum absolute atomic E-state index is 0.0503. The summed E-state index contributed by atoms with van der Waals surface area (Å²) in [5.41, 5.74) is -0.514. The second kappa shape index (κ2) is 3.79. The quantitative estimate of drug-likeness (QED) is 0.523. The van der Waals surface area contributed by atoms with E-state index < -0.39 is 11.2 Å². The summed E-state index contributed by atoms with van der Waals surface area (Å²) in [6.07, 6.45) is 2.01. The molecule has 0 radical (unpaired) electrons. The summed E-state index contributed by atoms with van der Waals surface area (Å²) in [4.78, 5) is 22.8. The van der Waals surface area contributed by atoms with E-state index in [-0.39, 0.29) is 5.78 Å². The summed E-state index contributed by atoms with van der Waals surface area (Å²) < 4.78 is 11.2. The lowest BCUT2D eigenvalue weighted by Gasteiger charge is -2.41. The molecule has 16 heavy (non-hydrogen) atoms. The Labute approximate surface area is 94.6 Å². The molecule has 1 saturated heterocycles. The zero-order valence-corrected chi connectivity index (χ0v) is 9.45. The number of rotatable bonds is 2. The van der Waals surface area contributed by atoms with Crippen molar-refractivity contribution in [2.24, 2.45) is 5.41 Å². The Bertz CT molecular complexity index is 341. The predicted molar refractivity (Wildman–Crippen MR) is 56.8 cm³/mol. The molecule has 0 bridgehead atoms. The molecule has 1 aliphatic carbocycles. The summed E-state index contributed by atoms with van der Waals surface area (Å²) in [7, 11) is 0. The third-order valence-corrected chi connectivity index (χ3v) is 3.64. The van der Waals surface area contributed by atoms with E-state index >= 15 is 0 Å². The topological polar surface area (TPSA) is 52.6 Å². The molecule has 1 heterocycles. The van der Waals surface area contributed by atoms with Gasteiger partial charge < -0.3 is 9.47 Å². The normalized spacial score (nSPS) is 32.9. The Kier molecular flexibility index (Phi) is 2.72. The molecule has 1 spiro atoms. The van der Waals surface area contributed by atoms with Gasteiger partial charge in [-0.3, -0.25) is 9.59 Å². The second-order valence-corrected chi connectivity index (χ2v) is 4.68.